The molecule has 112 valence electrons. The highest BCUT2D eigenvalue weighted by Gasteiger charge is 2.20. The van der Waals surface area contributed by atoms with Crippen molar-refractivity contribution < 1.29 is 4.79 Å². The van der Waals surface area contributed by atoms with Crippen molar-refractivity contribution in [3.8, 4) is 10.8 Å². The minimum atomic E-state index is -0.0646. The highest BCUT2D eigenvalue weighted by atomic mass is 32.1. The molecule has 0 saturated heterocycles. The molecule has 0 unspecified atom stereocenters. The van der Waals surface area contributed by atoms with E-state index in [1.807, 2.05) is 12.3 Å². The van der Waals surface area contributed by atoms with Gasteiger partial charge in [-0.05, 0) is 13.0 Å². The lowest BCUT2D eigenvalue weighted by Crippen LogP contribution is -2.26. The second kappa shape index (κ2) is 6.29. The summed E-state index contributed by atoms with van der Waals surface area (Å²) in [6.45, 7) is 2.31. The van der Waals surface area contributed by atoms with Crippen LogP contribution in [-0.4, -0.2) is 37.8 Å². The Bertz CT molecular complexity index is 770. The van der Waals surface area contributed by atoms with Crippen LogP contribution >= 0.6 is 22.7 Å². The maximum absolute atomic E-state index is 12.6. The molecule has 0 bridgehead atoms. The summed E-state index contributed by atoms with van der Waals surface area (Å²) in [6, 6.07) is 1.75. The summed E-state index contributed by atoms with van der Waals surface area (Å²) in [5.74, 6) is 0.474. The quantitative estimate of drug-likeness (QED) is 0.735. The van der Waals surface area contributed by atoms with Crippen molar-refractivity contribution in [1.82, 2.24) is 24.8 Å². The van der Waals surface area contributed by atoms with Crippen molar-refractivity contribution in [3.63, 3.8) is 0 Å². The van der Waals surface area contributed by atoms with Crippen molar-refractivity contribution in [2.24, 2.45) is 0 Å². The normalized spacial score (nSPS) is 10.6. The van der Waals surface area contributed by atoms with E-state index in [-0.39, 0.29) is 5.91 Å². The molecule has 0 aliphatic rings. The van der Waals surface area contributed by atoms with Gasteiger partial charge in [-0.3, -0.25) is 4.79 Å². The summed E-state index contributed by atoms with van der Waals surface area (Å²) >= 11 is 2.83. The van der Waals surface area contributed by atoms with Crippen LogP contribution in [0.5, 0.6) is 0 Å². The summed E-state index contributed by atoms with van der Waals surface area (Å²) in [5, 5.41) is 2.59. The number of thiazole rings is 2. The number of aryl methyl sites for hydroxylation is 1. The first kappa shape index (κ1) is 14.7. The fourth-order valence-corrected chi connectivity index (χ4v) is 3.46. The molecular formula is C14H13N5OS2. The Kier molecular flexibility index (Phi) is 4.21. The van der Waals surface area contributed by atoms with Gasteiger partial charge < -0.3 is 4.90 Å². The number of aromatic nitrogens is 4. The van der Waals surface area contributed by atoms with Gasteiger partial charge in [0.2, 0.25) is 0 Å². The third-order valence-electron chi connectivity index (χ3n) is 2.98. The maximum atomic E-state index is 12.6. The molecule has 0 fully saturated rings. The van der Waals surface area contributed by atoms with E-state index in [1.165, 1.54) is 22.7 Å². The zero-order valence-corrected chi connectivity index (χ0v) is 13.7. The first-order valence-electron chi connectivity index (χ1n) is 6.52. The zero-order valence-electron chi connectivity index (χ0n) is 12.1. The summed E-state index contributed by atoms with van der Waals surface area (Å²) in [7, 11) is 1.76. The minimum absolute atomic E-state index is 0.0646. The van der Waals surface area contributed by atoms with Gasteiger partial charge in [-0.1, -0.05) is 0 Å². The Morgan fingerprint density at radius 3 is 2.73 bits per heavy atom. The smallest absolute Gasteiger partial charge is 0.265 e. The van der Waals surface area contributed by atoms with Crippen LogP contribution in [0.4, 0.5) is 0 Å². The zero-order chi connectivity index (χ0) is 15.5. The van der Waals surface area contributed by atoms with Crippen LogP contribution in [-0.2, 0) is 6.54 Å². The van der Waals surface area contributed by atoms with Gasteiger partial charge in [-0.25, -0.2) is 19.9 Å². The van der Waals surface area contributed by atoms with Crippen molar-refractivity contribution in [3.05, 3.63) is 45.6 Å². The molecular weight excluding hydrogens is 318 g/mol. The predicted octanol–water partition coefficient (Wildman–Crippen LogP) is 2.64. The molecule has 3 rings (SSSR count). The summed E-state index contributed by atoms with van der Waals surface area (Å²) in [4.78, 5) is 31.8. The lowest BCUT2D eigenvalue weighted by molar-refractivity contribution is 0.0787. The van der Waals surface area contributed by atoms with Crippen molar-refractivity contribution in [2.75, 3.05) is 7.05 Å². The third-order valence-corrected chi connectivity index (χ3v) is 4.75. The van der Waals surface area contributed by atoms with E-state index in [0.29, 0.717) is 27.9 Å². The third kappa shape index (κ3) is 3.02. The van der Waals surface area contributed by atoms with E-state index in [9.17, 15) is 4.79 Å². The van der Waals surface area contributed by atoms with Gasteiger partial charge in [0.25, 0.3) is 5.91 Å². The number of nitrogens with zero attached hydrogens (tertiary/aromatic N) is 5. The van der Waals surface area contributed by atoms with Gasteiger partial charge in [-0.2, -0.15) is 0 Å². The Labute approximate surface area is 135 Å². The van der Waals surface area contributed by atoms with Gasteiger partial charge in [0.05, 0.1) is 23.4 Å². The van der Waals surface area contributed by atoms with Crippen molar-refractivity contribution in [2.45, 2.75) is 13.5 Å². The molecule has 0 atom stereocenters. The summed E-state index contributed by atoms with van der Waals surface area (Å²) in [6.07, 6.45) is 3.32. The topological polar surface area (TPSA) is 71.9 Å². The van der Waals surface area contributed by atoms with E-state index < -0.39 is 0 Å². The van der Waals surface area contributed by atoms with Gasteiger partial charge in [-0.15, -0.1) is 22.7 Å². The van der Waals surface area contributed by atoms with Gasteiger partial charge in [0.15, 0.2) is 10.8 Å². The average Bonchev–Trinajstić information content (AvgIpc) is 3.17. The fourth-order valence-electron chi connectivity index (χ4n) is 1.90. The molecule has 22 heavy (non-hydrogen) atoms. The standard InChI is InChI=1S/C14H13N5OS2/c1-9-11(14(20)19(2)6-10-7-21-8-17-10)22-13(18-9)12-15-4-3-5-16-12/h3-5,7-8H,6H2,1-2H3. The second-order valence-electron chi connectivity index (χ2n) is 4.65. The van der Waals surface area contributed by atoms with Crippen LogP contribution in [0.25, 0.3) is 10.8 Å². The number of amides is 1. The summed E-state index contributed by atoms with van der Waals surface area (Å²) < 4.78 is 0. The van der Waals surface area contributed by atoms with E-state index in [1.54, 1.807) is 35.9 Å². The predicted molar refractivity (Wildman–Crippen MR) is 85.8 cm³/mol. The van der Waals surface area contributed by atoms with Crippen LogP contribution < -0.4 is 0 Å². The Hall–Kier alpha value is -2.19. The molecule has 3 aromatic heterocycles. The van der Waals surface area contributed by atoms with E-state index >= 15 is 0 Å². The molecule has 0 aliphatic carbocycles. The lowest BCUT2D eigenvalue weighted by Gasteiger charge is -2.14. The molecule has 0 aliphatic heterocycles. The molecule has 0 radical (unpaired) electrons. The first-order chi connectivity index (χ1) is 10.6. The van der Waals surface area contributed by atoms with Crippen LogP contribution in [0.2, 0.25) is 0 Å². The maximum Gasteiger partial charge on any atom is 0.265 e. The van der Waals surface area contributed by atoms with E-state index in [4.69, 9.17) is 0 Å². The van der Waals surface area contributed by atoms with Gasteiger partial charge in [0.1, 0.15) is 4.88 Å². The summed E-state index contributed by atoms with van der Waals surface area (Å²) in [5.41, 5.74) is 3.34. The average molecular weight is 331 g/mol. The molecule has 0 spiro atoms. The Morgan fingerprint density at radius 2 is 2.05 bits per heavy atom. The van der Waals surface area contributed by atoms with Crippen LogP contribution in [0.3, 0.4) is 0 Å². The molecule has 6 nitrogen and oxygen atoms in total. The molecule has 8 heteroatoms. The van der Waals surface area contributed by atoms with Crippen LogP contribution in [0, 0.1) is 6.92 Å². The SMILES string of the molecule is Cc1nc(-c2ncccn2)sc1C(=O)N(C)Cc1cscn1. The van der Waals surface area contributed by atoms with E-state index in [0.717, 1.165) is 5.69 Å². The molecule has 0 aromatic carbocycles. The number of carbonyl (C=O) groups is 1. The molecule has 3 aromatic rings. The highest BCUT2D eigenvalue weighted by Crippen LogP contribution is 2.26. The molecule has 1 amide bonds. The Balaban J connectivity index is 1.82. The van der Waals surface area contributed by atoms with Crippen LogP contribution in [0.15, 0.2) is 29.4 Å². The highest BCUT2D eigenvalue weighted by molar-refractivity contribution is 7.17. The van der Waals surface area contributed by atoms with Crippen molar-refractivity contribution in [1.29, 1.82) is 0 Å². The van der Waals surface area contributed by atoms with Gasteiger partial charge in [0, 0.05) is 24.8 Å². The first-order valence-corrected chi connectivity index (χ1v) is 8.28. The monoisotopic (exact) mass is 331 g/mol. The number of hydrogen-bond donors (Lipinski definition) is 0. The number of rotatable bonds is 4. The minimum Gasteiger partial charge on any atom is -0.335 e. The van der Waals surface area contributed by atoms with Crippen LogP contribution in [0.1, 0.15) is 21.1 Å². The van der Waals surface area contributed by atoms with Gasteiger partial charge >= 0.3 is 0 Å². The molecule has 3 heterocycles. The second-order valence-corrected chi connectivity index (χ2v) is 6.36. The fraction of sp³-hybridized carbons (Fsp3) is 0.214. The largest absolute Gasteiger partial charge is 0.335 e. The molecule has 0 saturated carbocycles. The number of hydrogen-bond acceptors (Lipinski definition) is 7. The number of carbonyl (C=O) groups excluding carboxylic acids is 1. The molecule has 0 N–H and O–H groups in total. The lowest BCUT2D eigenvalue weighted by atomic mass is 10.3. The van der Waals surface area contributed by atoms with E-state index in [2.05, 4.69) is 19.9 Å². The Morgan fingerprint density at radius 1 is 1.27 bits per heavy atom. The van der Waals surface area contributed by atoms with Crippen molar-refractivity contribution >= 4 is 28.6 Å².